The number of hydrogen-bond donors (Lipinski definition) is 3. The second kappa shape index (κ2) is 8.52. The predicted octanol–water partition coefficient (Wildman–Crippen LogP) is 3.24. The highest BCUT2D eigenvalue weighted by molar-refractivity contribution is 7.80. The number of aryl methyl sites for hydroxylation is 1. The molecule has 0 aliphatic carbocycles. The fourth-order valence-corrected chi connectivity index (χ4v) is 2.12. The zero-order valence-corrected chi connectivity index (χ0v) is 15.5. The van der Waals surface area contributed by atoms with Gasteiger partial charge in [-0.15, -0.1) is 0 Å². The minimum absolute atomic E-state index is 0.0275. The van der Waals surface area contributed by atoms with Crippen LogP contribution in [-0.4, -0.2) is 33.2 Å². The molecule has 1 rings (SSSR count). The Hall–Kier alpha value is -1.55. The number of benzene rings is 1. The Kier molecular flexibility index (Phi) is 7.27. The van der Waals surface area contributed by atoms with E-state index in [1.165, 1.54) is 18.2 Å². The van der Waals surface area contributed by atoms with Crippen molar-refractivity contribution in [3.8, 4) is 0 Å². The van der Waals surface area contributed by atoms with Crippen LogP contribution in [0.1, 0.15) is 5.56 Å². The molecule has 1 aromatic carbocycles. The smallest absolute Gasteiger partial charge is 0.408 e. The van der Waals surface area contributed by atoms with Crippen molar-refractivity contribution in [1.82, 2.24) is 10.6 Å². The molecule has 0 saturated heterocycles. The Morgan fingerprint density at radius 1 is 1.38 bits per heavy atom. The van der Waals surface area contributed by atoms with Crippen molar-refractivity contribution in [3.63, 3.8) is 0 Å². The first-order chi connectivity index (χ1) is 11.0. The molecule has 3 N–H and O–H groups in total. The Balaban J connectivity index is 2.82. The Labute approximate surface area is 157 Å². The lowest BCUT2D eigenvalue weighted by molar-refractivity contribution is -0.384. The number of halogens is 3. The molecule has 1 atom stereocenters. The number of methoxy groups -OCH3 is 1. The number of nitro benzene ring substituents is 1. The standard InChI is InChI=1S/C12H13Cl3N4O4S/c1-6-5-7(19(21)22)3-4-8(6)16-10(24)17-9(12(13,14)15)18-11(20)23-2/h3-5,9H,1-2H3,(H,18,20)(H2,16,17,24). The van der Waals surface area contributed by atoms with Gasteiger partial charge in [0.25, 0.3) is 5.69 Å². The zero-order valence-electron chi connectivity index (χ0n) is 12.4. The van der Waals surface area contributed by atoms with Gasteiger partial charge in [0.05, 0.1) is 12.0 Å². The monoisotopic (exact) mass is 414 g/mol. The fourth-order valence-electron chi connectivity index (χ4n) is 1.57. The molecule has 0 saturated carbocycles. The maximum Gasteiger partial charge on any atom is 0.408 e. The molecular formula is C12H13Cl3N4O4S. The normalized spacial score (nSPS) is 12.0. The molecule has 8 nitrogen and oxygen atoms in total. The number of anilines is 1. The van der Waals surface area contributed by atoms with Gasteiger partial charge in [0.15, 0.2) is 11.3 Å². The van der Waals surface area contributed by atoms with Gasteiger partial charge in [0.1, 0.15) is 0 Å². The molecule has 0 aromatic heterocycles. The highest BCUT2D eigenvalue weighted by Crippen LogP contribution is 2.29. The third-order valence-electron chi connectivity index (χ3n) is 2.72. The summed E-state index contributed by atoms with van der Waals surface area (Å²) >= 11 is 22.4. The number of nitrogens with one attached hydrogen (secondary N) is 3. The van der Waals surface area contributed by atoms with Gasteiger partial charge in [-0.25, -0.2) is 4.79 Å². The Morgan fingerprint density at radius 2 is 2.00 bits per heavy atom. The summed E-state index contributed by atoms with van der Waals surface area (Å²) in [4.78, 5) is 21.5. The topological polar surface area (TPSA) is 106 Å². The summed E-state index contributed by atoms with van der Waals surface area (Å²) in [6.07, 6.45) is -2.00. The van der Waals surface area contributed by atoms with Crippen LogP contribution < -0.4 is 16.0 Å². The second-order valence-corrected chi connectivity index (χ2v) is 7.24. The van der Waals surface area contributed by atoms with Crippen molar-refractivity contribution in [1.29, 1.82) is 0 Å². The molecule has 1 amide bonds. The summed E-state index contributed by atoms with van der Waals surface area (Å²) in [5, 5.41) is 18.4. The molecule has 0 radical (unpaired) electrons. The molecule has 0 spiro atoms. The summed E-state index contributed by atoms with van der Waals surface area (Å²) in [6, 6.07) is 4.18. The number of rotatable bonds is 4. The average Bonchev–Trinajstić information content (AvgIpc) is 2.47. The van der Waals surface area contributed by atoms with Crippen LogP contribution in [-0.2, 0) is 4.74 Å². The lowest BCUT2D eigenvalue weighted by Gasteiger charge is -2.27. The zero-order chi connectivity index (χ0) is 18.5. The molecule has 0 aliphatic rings. The number of non-ortho nitro benzene ring substituents is 1. The van der Waals surface area contributed by atoms with E-state index < -0.39 is 21.0 Å². The van der Waals surface area contributed by atoms with E-state index in [1.807, 2.05) is 0 Å². The summed E-state index contributed by atoms with van der Waals surface area (Å²) < 4.78 is 2.52. The van der Waals surface area contributed by atoms with Gasteiger partial charge in [0, 0.05) is 17.8 Å². The maximum atomic E-state index is 11.3. The van der Waals surface area contributed by atoms with Gasteiger partial charge in [-0.05, 0) is 30.8 Å². The summed E-state index contributed by atoms with van der Waals surface area (Å²) in [5.41, 5.74) is 1.04. The van der Waals surface area contributed by atoms with Gasteiger partial charge >= 0.3 is 6.09 Å². The van der Waals surface area contributed by atoms with E-state index in [9.17, 15) is 14.9 Å². The number of ether oxygens (including phenoxy) is 1. The van der Waals surface area contributed by atoms with Crippen LogP contribution in [0.15, 0.2) is 18.2 Å². The molecule has 0 fully saturated rings. The minimum atomic E-state index is -1.91. The first-order valence-electron chi connectivity index (χ1n) is 6.28. The highest BCUT2D eigenvalue weighted by Gasteiger charge is 2.35. The molecule has 12 heteroatoms. The van der Waals surface area contributed by atoms with Gasteiger partial charge in [-0.2, -0.15) is 0 Å². The highest BCUT2D eigenvalue weighted by atomic mass is 35.6. The molecule has 1 aromatic rings. The van der Waals surface area contributed by atoms with Crippen LogP contribution in [0.4, 0.5) is 16.2 Å². The van der Waals surface area contributed by atoms with E-state index in [0.29, 0.717) is 11.3 Å². The summed E-state index contributed by atoms with van der Waals surface area (Å²) in [7, 11) is 1.15. The third kappa shape index (κ3) is 6.16. The van der Waals surface area contributed by atoms with Crippen LogP contribution in [0.2, 0.25) is 0 Å². The van der Waals surface area contributed by atoms with E-state index >= 15 is 0 Å². The largest absolute Gasteiger partial charge is 0.453 e. The van der Waals surface area contributed by atoms with Gasteiger partial charge in [-0.3, -0.25) is 15.4 Å². The summed E-state index contributed by atoms with van der Waals surface area (Å²) in [6.45, 7) is 1.66. The molecule has 24 heavy (non-hydrogen) atoms. The molecule has 0 heterocycles. The lowest BCUT2D eigenvalue weighted by atomic mass is 10.2. The molecule has 132 valence electrons. The van der Waals surface area contributed by atoms with Crippen molar-refractivity contribution < 1.29 is 14.5 Å². The SMILES string of the molecule is COC(=O)NC(NC(=S)Nc1ccc([N+](=O)[O-])cc1C)C(Cl)(Cl)Cl. The molecule has 1 unspecified atom stereocenters. The van der Waals surface area contributed by atoms with E-state index in [1.54, 1.807) is 6.92 Å². The predicted molar refractivity (Wildman–Crippen MR) is 96.8 cm³/mol. The average molecular weight is 416 g/mol. The first kappa shape index (κ1) is 20.5. The fraction of sp³-hybridized carbons (Fsp3) is 0.333. The third-order valence-corrected chi connectivity index (χ3v) is 3.59. The summed E-state index contributed by atoms with van der Waals surface area (Å²) in [5.74, 6) is 0. The van der Waals surface area contributed by atoms with Crippen molar-refractivity contribution in [3.05, 3.63) is 33.9 Å². The van der Waals surface area contributed by atoms with E-state index in [4.69, 9.17) is 47.0 Å². The number of nitro groups is 1. The van der Waals surface area contributed by atoms with Gasteiger partial charge in [-0.1, -0.05) is 34.8 Å². The number of hydrogen-bond acceptors (Lipinski definition) is 5. The van der Waals surface area contributed by atoms with Crippen molar-refractivity contribution in [2.45, 2.75) is 16.9 Å². The molecule has 0 aliphatic heterocycles. The molecule has 0 bridgehead atoms. The van der Waals surface area contributed by atoms with Crippen LogP contribution in [0.5, 0.6) is 0 Å². The van der Waals surface area contributed by atoms with Crippen LogP contribution in [0, 0.1) is 17.0 Å². The Bertz CT molecular complexity index is 654. The van der Waals surface area contributed by atoms with Crippen LogP contribution in [0.3, 0.4) is 0 Å². The number of thiocarbonyl (C=S) groups is 1. The quantitative estimate of drug-likeness (QED) is 0.228. The minimum Gasteiger partial charge on any atom is -0.453 e. The first-order valence-corrected chi connectivity index (χ1v) is 7.82. The number of nitrogens with zero attached hydrogens (tertiary/aromatic N) is 1. The number of amides is 1. The number of carbonyl (C=O) groups is 1. The van der Waals surface area contributed by atoms with E-state index in [2.05, 4.69) is 20.7 Å². The maximum absolute atomic E-state index is 11.3. The Morgan fingerprint density at radius 3 is 2.46 bits per heavy atom. The van der Waals surface area contributed by atoms with E-state index in [-0.39, 0.29) is 10.8 Å². The number of carbonyl (C=O) groups excluding carboxylic acids is 1. The van der Waals surface area contributed by atoms with Crippen LogP contribution in [0.25, 0.3) is 0 Å². The number of alkyl halides is 3. The molecular weight excluding hydrogens is 403 g/mol. The second-order valence-electron chi connectivity index (χ2n) is 4.47. The van der Waals surface area contributed by atoms with E-state index in [0.717, 1.165) is 7.11 Å². The number of alkyl carbamates (subject to hydrolysis) is 1. The lowest BCUT2D eigenvalue weighted by Crippen LogP contribution is -2.56. The van der Waals surface area contributed by atoms with Crippen molar-refractivity contribution in [2.75, 3.05) is 12.4 Å². The van der Waals surface area contributed by atoms with Gasteiger partial charge < -0.3 is 15.4 Å². The van der Waals surface area contributed by atoms with Crippen molar-refractivity contribution in [2.24, 2.45) is 0 Å². The van der Waals surface area contributed by atoms with Gasteiger partial charge in [0.2, 0.25) is 3.79 Å². The van der Waals surface area contributed by atoms with Crippen molar-refractivity contribution >= 4 is 69.6 Å². The van der Waals surface area contributed by atoms with Crippen LogP contribution >= 0.6 is 47.0 Å².